The van der Waals surface area contributed by atoms with Crippen LogP contribution in [0.2, 0.25) is 0 Å². The molecule has 3 aliphatic heterocycles. The third-order valence-corrected chi connectivity index (χ3v) is 15.7. The molecule has 1 aromatic heterocycles. The summed E-state index contributed by atoms with van der Waals surface area (Å²) in [4.78, 5) is 63.7. The number of hydrogen-bond acceptors (Lipinski definition) is 10. The summed E-state index contributed by atoms with van der Waals surface area (Å²) in [6.45, 7) is 7.58. The molecule has 1 aromatic carbocycles. The lowest BCUT2D eigenvalue weighted by Crippen LogP contribution is -2.65. The van der Waals surface area contributed by atoms with Crippen molar-refractivity contribution >= 4 is 44.6 Å². The number of carbonyl (C=O) groups is 4. The van der Waals surface area contributed by atoms with E-state index in [-0.39, 0.29) is 37.6 Å². The number of carbonyl (C=O) groups excluding carboxylic acids is 3. The maximum atomic E-state index is 15.3. The van der Waals surface area contributed by atoms with Crippen molar-refractivity contribution in [3.05, 3.63) is 35.9 Å². The van der Waals surface area contributed by atoms with E-state index >= 15 is 4.79 Å². The van der Waals surface area contributed by atoms with Crippen LogP contribution in [0.3, 0.4) is 0 Å². The van der Waals surface area contributed by atoms with Crippen LogP contribution in [-0.2, 0) is 30.8 Å². The van der Waals surface area contributed by atoms with E-state index in [2.05, 4.69) is 10.0 Å². The number of nitrogens with one attached hydrogen (secondary N) is 2. The molecule has 7 atom stereocenters. The Morgan fingerprint density at radius 3 is 2.59 bits per heavy atom. The molecule has 4 amide bonds. The molecule has 2 saturated carbocycles. The van der Waals surface area contributed by atoms with Crippen LogP contribution in [0.25, 0.3) is 10.8 Å². The van der Waals surface area contributed by atoms with Crippen molar-refractivity contribution < 1.29 is 55.7 Å². The number of rotatable bonds is 10. The monoisotopic (exact) mass is 873 g/mol. The zero-order valence-corrected chi connectivity index (χ0v) is 36.4. The minimum Gasteiger partial charge on any atom is -0.497 e. The molecule has 334 valence electrons. The highest BCUT2D eigenvalue weighted by atomic mass is 32.2. The van der Waals surface area contributed by atoms with Crippen LogP contribution in [0.4, 0.5) is 13.6 Å². The van der Waals surface area contributed by atoms with Gasteiger partial charge in [0, 0.05) is 23.3 Å². The Kier molecular flexibility index (Phi) is 12.0. The lowest BCUT2D eigenvalue weighted by molar-refractivity contribution is -0.149. The van der Waals surface area contributed by atoms with E-state index in [0.717, 1.165) is 31.2 Å². The Morgan fingerprint density at radius 1 is 1.20 bits per heavy atom. The molecule has 2 aromatic rings. The molecule has 0 unspecified atom stereocenters. The Hall–Kier alpha value is -4.74. The number of aryl methyl sites for hydroxylation is 1. The highest BCUT2D eigenvalue weighted by Crippen LogP contribution is 2.48. The number of amides is 4. The summed E-state index contributed by atoms with van der Waals surface area (Å²) in [5, 5.41) is 14.9. The number of alkyl halides is 2. The van der Waals surface area contributed by atoms with Gasteiger partial charge in [0.15, 0.2) is 0 Å². The Labute approximate surface area is 355 Å². The summed E-state index contributed by atoms with van der Waals surface area (Å²) in [7, 11) is -2.55. The van der Waals surface area contributed by atoms with E-state index < -0.39 is 86.1 Å². The number of sulfonamides is 1. The molecule has 4 heterocycles. The van der Waals surface area contributed by atoms with E-state index in [1.807, 2.05) is 19.1 Å². The van der Waals surface area contributed by atoms with E-state index in [0.29, 0.717) is 67.0 Å². The van der Waals surface area contributed by atoms with Crippen LogP contribution in [0.15, 0.2) is 30.4 Å². The molecular weight excluding hydrogens is 817 g/mol. The largest absolute Gasteiger partial charge is 0.497 e. The van der Waals surface area contributed by atoms with Crippen molar-refractivity contribution in [2.24, 2.45) is 17.8 Å². The van der Waals surface area contributed by atoms with Gasteiger partial charge < -0.3 is 29.5 Å². The number of carboxylic acid groups (broad SMARTS) is 1. The smallest absolute Gasteiger partial charge is 0.408 e. The van der Waals surface area contributed by atoms with Crippen molar-refractivity contribution in [2.75, 3.05) is 20.3 Å². The molecule has 5 aliphatic rings. The molecule has 61 heavy (non-hydrogen) atoms. The fraction of sp³-hybridized carbons (Fsp3) is 0.651. The number of hydrogen-bond donors (Lipinski definition) is 3. The first-order chi connectivity index (χ1) is 28.8. The molecular formula is C43H57F2N5O10S. The Bertz CT molecular complexity index is 2220. The number of halogens is 2. The maximum Gasteiger partial charge on any atom is 0.408 e. The molecule has 3 fully saturated rings. The second-order valence-corrected chi connectivity index (χ2v) is 20.5. The van der Waals surface area contributed by atoms with E-state index in [4.69, 9.17) is 19.2 Å². The van der Waals surface area contributed by atoms with Crippen LogP contribution in [0.1, 0.15) is 98.0 Å². The third-order valence-electron chi connectivity index (χ3n) is 13.5. The molecule has 7 rings (SSSR count). The lowest BCUT2D eigenvalue weighted by Gasteiger charge is -2.45. The second-order valence-electron chi connectivity index (χ2n) is 18.3. The zero-order chi connectivity index (χ0) is 44.2. The van der Waals surface area contributed by atoms with Crippen molar-refractivity contribution in [3.63, 3.8) is 0 Å². The van der Waals surface area contributed by atoms with Gasteiger partial charge in [-0.2, -0.15) is 4.98 Å². The SMILES string of the molecule is CC[C@@H]1C[C@H](C)CC/C=C\[C@@H]2C[C@@]2(C(=O)NS(=O)(=O)C2(C)CC2)NC(=O)[C@@H]2C[C@@H](Oc3nc4c(c5cc(OC)ccc35)CCCO4)CN2C(=O)[C@H]1N(C(=O)O)C(C)(C)C(F)F. The first-order valence-corrected chi connectivity index (χ1v) is 22.7. The van der Waals surface area contributed by atoms with Crippen LogP contribution < -0.4 is 24.2 Å². The van der Waals surface area contributed by atoms with Crippen molar-refractivity contribution in [3.8, 4) is 17.5 Å². The molecule has 3 N–H and O–H groups in total. The second kappa shape index (κ2) is 16.5. The van der Waals surface area contributed by atoms with Crippen LogP contribution in [0.5, 0.6) is 17.5 Å². The number of pyridine rings is 1. The van der Waals surface area contributed by atoms with Gasteiger partial charge >= 0.3 is 6.09 Å². The number of allylic oxidation sites excluding steroid dienone is 1. The van der Waals surface area contributed by atoms with Gasteiger partial charge in [0.2, 0.25) is 33.6 Å². The summed E-state index contributed by atoms with van der Waals surface area (Å²) in [5.41, 5.74) is -3.12. The number of nitrogens with zero attached hydrogens (tertiary/aromatic N) is 3. The highest BCUT2D eigenvalue weighted by Gasteiger charge is 2.63. The normalized spacial score (nSPS) is 29.4. The van der Waals surface area contributed by atoms with Gasteiger partial charge in [-0.25, -0.2) is 22.0 Å². The first kappa shape index (κ1) is 44.3. The topological polar surface area (TPSA) is 194 Å². The molecule has 0 spiro atoms. The predicted molar refractivity (Wildman–Crippen MR) is 220 cm³/mol. The van der Waals surface area contributed by atoms with Crippen LogP contribution in [0, 0.1) is 17.8 Å². The van der Waals surface area contributed by atoms with Crippen molar-refractivity contribution in [1.29, 1.82) is 0 Å². The average molecular weight is 874 g/mol. The van der Waals surface area contributed by atoms with E-state index in [9.17, 15) is 36.7 Å². The van der Waals surface area contributed by atoms with Gasteiger partial charge in [0.05, 0.1) is 25.0 Å². The maximum absolute atomic E-state index is 15.3. The minimum absolute atomic E-state index is 0.0911. The van der Waals surface area contributed by atoms with Crippen molar-refractivity contribution in [1.82, 2.24) is 24.8 Å². The summed E-state index contributed by atoms with van der Waals surface area (Å²) in [6.07, 6.45) is 1.67. The first-order valence-electron chi connectivity index (χ1n) is 21.2. The number of fused-ring (bicyclic) bond motifs is 5. The fourth-order valence-electron chi connectivity index (χ4n) is 9.21. The van der Waals surface area contributed by atoms with Gasteiger partial charge in [0.25, 0.3) is 12.3 Å². The number of aromatic nitrogens is 1. The third kappa shape index (κ3) is 8.32. The summed E-state index contributed by atoms with van der Waals surface area (Å²) < 4.78 is 75.4. The van der Waals surface area contributed by atoms with Gasteiger partial charge in [-0.05, 0) is 108 Å². The van der Waals surface area contributed by atoms with Gasteiger partial charge in [0.1, 0.15) is 35.0 Å². The fourth-order valence-corrected chi connectivity index (χ4v) is 10.5. The Balaban J connectivity index is 1.31. The lowest BCUT2D eigenvalue weighted by atomic mass is 9.82. The highest BCUT2D eigenvalue weighted by molar-refractivity contribution is 7.91. The minimum atomic E-state index is -4.10. The van der Waals surface area contributed by atoms with Gasteiger partial charge in [-0.15, -0.1) is 0 Å². The standard InChI is InChI=1S/C43H57F2N5O10S/c1-7-25-19-24(2)11-8-9-12-26-22-43(26,39(53)48-61(56,57)42(5)16-17-42)47-34(51)32-21-28(23-49(32)37(52)33(25)50(40(54)55)41(3,4)38(44)45)60-36-30-15-14-27(58-6)20-31(30)29-13-10-18-59-35(29)46-36/h9,12,14-15,20,24-26,28,32-33,38H,7-8,10-11,13,16-19,21-23H2,1-6H3,(H,47,51)(H,48,53)(H,54,55)/b12-9-/t24-,25-,26-,28-,32+,33+,43-/m1/s1. The quantitative estimate of drug-likeness (QED) is 0.252. The van der Waals surface area contributed by atoms with E-state index in [1.54, 1.807) is 39.2 Å². The van der Waals surface area contributed by atoms with Gasteiger partial charge in [-0.3, -0.25) is 24.0 Å². The molecule has 1 saturated heterocycles. The molecule has 0 bridgehead atoms. The van der Waals surface area contributed by atoms with Crippen LogP contribution >= 0.6 is 0 Å². The summed E-state index contributed by atoms with van der Waals surface area (Å²) >= 11 is 0. The molecule has 15 nitrogen and oxygen atoms in total. The average Bonchev–Trinajstić information content (AvgIpc) is 4.10. The number of methoxy groups -OCH3 is 1. The zero-order valence-electron chi connectivity index (χ0n) is 35.5. The van der Waals surface area contributed by atoms with E-state index in [1.165, 1.54) is 4.90 Å². The summed E-state index contributed by atoms with van der Waals surface area (Å²) in [6, 6.07) is 2.36. The number of ether oxygens (including phenoxy) is 3. The summed E-state index contributed by atoms with van der Waals surface area (Å²) in [5.74, 6) is -2.83. The Morgan fingerprint density at radius 2 is 1.93 bits per heavy atom. The number of benzene rings is 1. The van der Waals surface area contributed by atoms with Crippen molar-refractivity contribution in [2.45, 2.75) is 139 Å². The van der Waals surface area contributed by atoms with Crippen LogP contribution in [-0.4, -0.2) is 113 Å². The predicted octanol–water partition coefficient (Wildman–Crippen LogP) is 5.58. The molecule has 2 aliphatic carbocycles. The molecule has 0 radical (unpaired) electrons. The molecule has 18 heteroatoms. The van der Waals surface area contributed by atoms with Gasteiger partial charge in [-0.1, -0.05) is 32.4 Å².